The molecule has 2 unspecified atom stereocenters. The zero-order chi connectivity index (χ0) is 27.4. The van der Waals surface area contributed by atoms with Gasteiger partial charge in [0.15, 0.2) is 0 Å². The highest BCUT2D eigenvalue weighted by molar-refractivity contribution is 5.96. The minimum Gasteiger partial charge on any atom is -0.494 e. The predicted octanol–water partition coefficient (Wildman–Crippen LogP) is 3.59. The van der Waals surface area contributed by atoms with Gasteiger partial charge in [0.05, 0.1) is 12.8 Å². The number of fused-ring (bicyclic) bond motifs is 4. The lowest BCUT2D eigenvalue weighted by Crippen LogP contribution is -2.46. The lowest BCUT2D eigenvalue weighted by atomic mass is 9.83. The number of anilines is 1. The molecule has 3 heterocycles. The first kappa shape index (κ1) is 26.4. The molecule has 2 aliphatic heterocycles. The molecular weight excluding hydrogens is 494 g/mol. The molecule has 0 spiro atoms. The number of pyridine rings is 1. The van der Waals surface area contributed by atoms with Gasteiger partial charge in [0, 0.05) is 67.6 Å². The van der Waals surface area contributed by atoms with E-state index in [-0.39, 0.29) is 17.4 Å². The molecule has 9 heteroatoms. The summed E-state index contributed by atoms with van der Waals surface area (Å²) < 4.78 is 7.87. The van der Waals surface area contributed by atoms with E-state index >= 15 is 0 Å². The number of hydrogen-bond acceptors (Lipinski definition) is 6. The van der Waals surface area contributed by atoms with Gasteiger partial charge in [-0.25, -0.2) is 5.43 Å². The summed E-state index contributed by atoms with van der Waals surface area (Å²) in [7, 11) is 0. The third-order valence-corrected chi connectivity index (χ3v) is 7.18. The maximum atomic E-state index is 12.5. The first-order chi connectivity index (χ1) is 18.9. The van der Waals surface area contributed by atoms with Gasteiger partial charge in [-0.05, 0) is 73.4 Å². The SMILES string of the molecule is CCOc1ccc(/C=N/NC(=O)c2ccc(NC(C)=O)cc2)cc1CN1CC2CC(C1)c1cccc(=O)n1C2. The van der Waals surface area contributed by atoms with Crippen LogP contribution in [-0.4, -0.2) is 47.2 Å². The van der Waals surface area contributed by atoms with Crippen molar-refractivity contribution in [2.75, 3.05) is 25.0 Å². The van der Waals surface area contributed by atoms with Gasteiger partial charge in [0.25, 0.3) is 11.5 Å². The highest BCUT2D eigenvalue weighted by atomic mass is 16.5. The maximum Gasteiger partial charge on any atom is 0.271 e. The number of rotatable bonds is 8. The first-order valence-electron chi connectivity index (χ1n) is 13.3. The number of hydrazone groups is 1. The van der Waals surface area contributed by atoms with Crippen LogP contribution in [0.5, 0.6) is 5.75 Å². The molecule has 2 atom stereocenters. The smallest absolute Gasteiger partial charge is 0.271 e. The molecular formula is C30H33N5O4. The van der Waals surface area contributed by atoms with Crippen molar-refractivity contribution < 1.29 is 14.3 Å². The van der Waals surface area contributed by atoms with Gasteiger partial charge in [-0.15, -0.1) is 0 Å². The van der Waals surface area contributed by atoms with Crippen molar-refractivity contribution in [1.29, 1.82) is 0 Å². The number of piperidine rings is 1. The van der Waals surface area contributed by atoms with Gasteiger partial charge in [0.2, 0.25) is 5.91 Å². The highest BCUT2D eigenvalue weighted by Gasteiger charge is 2.34. The van der Waals surface area contributed by atoms with Crippen LogP contribution in [0.2, 0.25) is 0 Å². The summed E-state index contributed by atoms with van der Waals surface area (Å²) in [5.41, 5.74) is 6.76. The van der Waals surface area contributed by atoms with Gasteiger partial charge >= 0.3 is 0 Å². The number of carbonyl (C=O) groups is 2. The molecule has 202 valence electrons. The Morgan fingerprint density at radius 2 is 1.90 bits per heavy atom. The zero-order valence-corrected chi connectivity index (χ0v) is 22.2. The summed E-state index contributed by atoms with van der Waals surface area (Å²) in [4.78, 5) is 38.5. The Kier molecular flexibility index (Phi) is 7.88. The Hall–Kier alpha value is -4.24. The molecule has 0 saturated carbocycles. The van der Waals surface area contributed by atoms with E-state index in [9.17, 15) is 14.4 Å². The van der Waals surface area contributed by atoms with Crippen molar-refractivity contribution in [2.45, 2.75) is 39.3 Å². The third-order valence-electron chi connectivity index (χ3n) is 7.18. The van der Waals surface area contributed by atoms with Crippen LogP contribution in [0.15, 0.2) is 70.6 Å². The molecule has 0 radical (unpaired) electrons. The summed E-state index contributed by atoms with van der Waals surface area (Å²) in [6.07, 6.45) is 2.73. The van der Waals surface area contributed by atoms with Crippen molar-refractivity contribution >= 4 is 23.7 Å². The van der Waals surface area contributed by atoms with Gasteiger partial charge in [0.1, 0.15) is 5.75 Å². The Morgan fingerprint density at radius 3 is 2.67 bits per heavy atom. The number of nitrogens with zero attached hydrogens (tertiary/aromatic N) is 3. The molecule has 0 aliphatic carbocycles. The molecule has 2 aliphatic rings. The molecule has 39 heavy (non-hydrogen) atoms. The van der Waals surface area contributed by atoms with E-state index in [1.165, 1.54) is 6.92 Å². The number of benzene rings is 2. The second-order valence-corrected chi connectivity index (χ2v) is 10.2. The van der Waals surface area contributed by atoms with E-state index in [1.807, 2.05) is 35.8 Å². The molecule has 1 aromatic heterocycles. The number of nitrogens with one attached hydrogen (secondary N) is 2. The molecule has 9 nitrogen and oxygen atoms in total. The van der Waals surface area contributed by atoms with Crippen molar-refractivity contribution in [2.24, 2.45) is 11.0 Å². The molecule has 1 saturated heterocycles. The van der Waals surface area contributed by atoms with Crippen LogP contribution < -0.4 is 21.0 Å². The Bertz CT molecular complexity index is 1450. The van der Waals surface area contributed by atoms with Crippen LogP contribution in [0, 0.1) is 5.92 Å². The quantitative estimate of drug-likeness (QED) is 0.344. The molecule has 3 aromatic rings. The third kappa shape index (κ3) is 6.26. The molecule has 2 amide bonds. The van der Waals surface area contributed by atoms with E-state index in [0.29, 0.717) is 29.7 Å². The van der Waals surface area contributed by atoms with Crippen molar-refractivity contribution in [3.05, 3.63) is 93.4 Å². The van der Waals surface area contributed by atoms with Crippen molar-refractivity contribution in [3.8, 4) is 5.75 Å². The van der Waals surface area contributed by atoms with Gasteiger partial charge < -0.3 is 14.6 Å². The largest absolute Gasteiger partial charge is 0.494 e. The van der Waals surface area contributed by atoms with Gasteiger partial charge in [-0.2, -0.15) is 5.10 Å². The monoisotopic (exact) mass is 527 g/mol. The standard InChI is InChI=1S/C30H33N5O4/c1-3-39-28-12-7-21(15-31-33-30(38)23-8-10-26(11-9-23)32-20(2)36)13-25(28)19-34-16-22-14-24(18-34)27-5-4-6-29(37)35(27)17-22/h4-13,15,22,24H,3,14,16-19H2,1-2H3,(H,32,36)(H,33,38)/b31-15+. The zero-order valence-electron chi connectivity index (χ0n) is 22.2. The molecule has 5 rings (SSSR count). The van der Waals surface area contributed by atoms with Crippen LogP contribution in [-0.2, 0) is 17.9 Å². The van der Waals surface area contributed by atoms with Crippen LogP contribution in [0.3, 0.4) is 0 Å². The van der Waals surface area contributed by atoms with Gasteiger partial charge in [-0.1, -0.05) is 6.07 Å². The van der Waals surface area contributed by atoms with E-state index in [1.54, 1.807) is 36.5 Å². The van der Waals surface area contributed by atoms with E-state index in [0.717, 1.165) is 55.2 Å². The second-order valence-electron chi connectivity index (χ2n) is 10.2. The minimum absolute atomic E-state index is 0.0929. The number of likely N-dealkylation sites (tertiary alicyclic amines) is 1. The second kappa shape index (κ2) is 11.7. The number of aromatic nitrogens is 1. The number of hydrogen-bond donors (Lipinski definition) is 2. The molecule has 2 bridgehead atoms. The van der Waals surface area contributed by atoms with Crippen LogP contribution in [0.1, 0.15) is 53.4 Å². The van der Waals surface area contributed by atoms with E-state index in [4.69, 9.17) is 4.74 Å². The maximum absolute atomic E-state index is 12.5. The van der Waals surface area contributed by atoms with E-state index < -0.39 is 0 Å². The van der Waals surface area contributed by atoms with E-state index in [2.05, 4.69) is 26.8 Å². The topological polar surface area (TPSA) is 105 Å². The summed E-state index contributed by atoms with van der Waals surface area (Å²) in [5.74, 6) is 1.11. The fraction of sp³-hybridized carbons (Fsp3) is 0.333. The van der Waals surface area contributed by atoms with Gasteiger partial charge in [-0.3, -0.25) is 19.3 Å². The Morgan fingerprint density at radius 1 is 1.08 bits per heavy atom. The number of amides is 2. The summed E-state index contributed by atoms with van der Waals surface area (Å²) in [6, 6.07) is 18.1. The summed E-state index contributed by atoms with van der Waals surface area (Å²) >= 11 is 0. The summed E-state index contributed by atoms with van der Waals surface area (Å²) in [6.45, 7) is 7.29. The normalized spacial score (nSPS) is 18.4. The first-order valence-corrected chi connectivity index (χ1v) is 13.3. The predicted molar refractivity (Wildman–Crippen MR) is 150 cm³/mol. The highest BCUT2D eigenvalue weighted by Crippen LogP contribution is 2.36. The fourth-order valence-corrected chi connectivity index (χ4v) is 5.60. The van der Waals surface area contributed by atoms with Crippen LogP contribution in [0.25, 0.3) is 0 Å². The average Bonchev–Trinajstić information content (AvgIpc) is 2.91. The molecule has 2 aromatic carbocycles. The molecule has 1 fully saturated rings. The van der Waals surface area contributed by atoms with Crippen LogP contribution >= 0.6 is 0 Å². The number of carbonyl (C=O) groups excluding carboxylic acids is 2. The lowest BCUT2D eigenvalue weighted by Gasteiger charge is -2.43. The van der Waals surface area contributed by atoms with Crippen molar-refractivity contribution in [1.82, 2.24) is 14.9 Å². The number of ether oxygens (including phenoxy) is 1. The molecule has 2 N–H and O–H groups in total. The van der Waals surface area contributed by atoms with Crippen molar-refractivity contribution in [3.63, 3.8) is 0 Å². The minimum atomic E-state index is -0.342. The Labute approximate surface area is 227 Å². The fourth-order valence-electron chi connectivity index (χ4n) is 5.60. The average molecular weight is 528 g/mol. The lowest BCUT2D eigenvalue weighted by molar-refractivity contribution is -0.114. The Balaban J connectivity index is 1.26. The van der Waals surface area contributed by atoms with Crippen LogP contribution in [0.4, 0.5) is 5.69 Å². The summed E-state index contributed by atoms with van der Waals surface area (Å²) in [5, 5.41) is 6.83.